The van der Waals surface area contributed by atoms with Crippen molar-refractivity contribution in [1.82, 2.24) is 35.5 Å². The molecule has 0 saturated carbocycles. The Bertz CT molecular complexity index is 2000. The van der Waals surface area contributed by atoms with E-state index in [4.69, 9.17) is 35.5 Å². The van der Waals surface area contributed by atoms with Gasteiger partial charge in [0.15, 0.2) is 22.8 Å². The summed E-state index contributed by atoms with van der Waals surface area (Å²) in [4.78, 5) is 96.1. The van der Waals surface area contributed by atoms with Crippen LogP contribution < -0.4 is 27.0 Å². The van der Waals surface area contributed by atoms with Gasteiger partial charge in [0.25, 0.3) is 0 Å². The Balaban J connectivity index is 1.48. The lowest BCUT2D eigenvalue weighted by Gasteiger charge is -2.24. The standard InChI is InChI=1S/C43H64N10O11/c1-43(2,3)64-41(60)30(26-33(54)29-8-11-32(12-9-29)52(4)28-31-27-48-40-38(49-31)39(44)50-42(45)51-40)10-13-34(55)46-17-6-19-53(36(57)14-15-37(58)59)20-7-18-47-35(56)16-21-62-24-25-63-23-22-61-5/h8-9,11-12,27,30H,6-7,10,13-26,28H2,1-5H3,(H,46,55)(H,47,56)(H,58,59)(H4,44,45,48,50,51)/t30-/m0/s1. The number of hydrogen-bond acceptors (Lipinski definition) is 17. The number of ketones is 1. The van der Waals surface area contributed by atoms with E-state index in [0.717, 1.165) is 5.69 Å². The van der Waals surface area contributed by atoms with E-state index in [0.29, 0.717) is 69.1 Å². The van der Waals surface area contributed by atoms with E-state index >= 15 is 0 Å². The van der Waals surface area contributed by atoms with Crippen LogP contribution in [-0.2, 0) is 49.5 Å². The number of Topliss-reactive ketones (excluding diaryl/α,β-unsaturated/α-hetero) is 1. The van der Waals surface area contributed by atoms with Crippen LogP contribution in [-0.4, -0.2) is 144 Å². The number of methoxy groups -OCH3 is 1. The molecule has 3 aromatic rings. The van der Waals surface area contributed by atoms with Crippen LogP contribution in [0.5, 0.6) is 0 Å². The molecule has 0 saturated heterocycles. The molecule has 21 nitrogen and oxygen atoms in total. The minimum atomic E-state index is -1.09. The van der Waals surface area contributed by atoms with Gasteiger partial charge in [-0.25, -0.2) is 9.97 Å². The van der Waals surface area contributed by atoms with Crippen molar-refractivity contribution >= 4 is 64.1 Å². The molecule has 0 aliphatic carbocycles. The number of amides is 3. The molecule has 2 aromatic heterocycles. The van der Waals surface area contributed by atoms with E-state index < -0.39 is 23.5 Å². The minimum absolute atomic E-state index is 0.00510. The lowest BCUT2D eigenvalue weighted by Crippen LogP contribution is -2.37. The van der Waals surface area contributed by atoms with Gasteiger partial charge in [0.1, 0.15) is 5.60 Å². The Morgan fingerprint density at radius 1 is 0.812 bits per heavy atom. The number of carboxylic acid groups (broad SMARTS) is 1. The van der Waals surface area contributed by atoms with Gasteiger partial charge < -0.3 is 56.0 Å². The van der Waals surface area contributed by atoms with E-state index in [9.17, 15) is 28.8 Å². The van der Waals surface area contributed by atoms with Crippen LogP contribution in [0, 0.1) is 5.92 Å². The van der Waals surface area contributed by atoms with Gasteiger partial charge >= 0.3 is 11.9 Å². The van der Waals surface area contributed by atoms with Crippen LogP contribution in [0.1, 0.15) is 88.2 Å². The number of ether oxygens (including phenoxy) is 4. The molecular weight excluding hydrogens is 833 g/mol. The second-order valence-electron chi connectivity index (χ2n) is 15.9. The van der Waals surface area contributed by atoms with E-state index in [2.05, 4.69) is 30.6 Å². The quantitative estimate of drug-likeness (QED) is 0.0364. The van der Waals surface area contributed by atoms with Gasteiger partial charge in [-0.3, -0.25) is 28.8 Å². The third-order valence-corrected chi connectivity index (χ3v) is 9.46. The maximum Gasteiger partial charge on any atom is 0.309 e. The number of aliphatic carboxylic acids is 1. The number of nitrogen functional groups attached to an aromatic ring is 2. The van der Waals surface area contributed by atoms with Crippen LogP contribution in [0.4, 0.5) is 17.5 Å². The van der Waals surface area contributed by atoms with Gasteiger partial charge in [-0.2, -0.15) is 9.97 Å². The van der Waals surface area contributed by atoms with Gasteiger partial charge in [-0.15, -0.1) is 0 Å². The average molecular weight is 897 g/mol. The molecule has 0 fully saturated rings. The molecule has 2 heterocycles. The minimum Gasteiger partial charge on any atom is -0.481 e. The molecule has 0 radical (unpaired) electrons. The van der Waals surface area contributed by atoms with Crippen molar-refractivity contribution < 1.29 is 52.8 Å². The van der Waals surface area contributed by atoms with Crippen LogP contribution in [0.25, 0.3) is 11.2 Å². The highest BCUT2D eigenvalue weighted by Gasteiger charge is 2.28. The molecular formula is C43H64N10O11. The van der Waals surface area contributed by atoms with E-state index in [1.165, 1.54) is 4.90 Å². The summed E-state index contributed by atoms with van der Waals surface area (Å²) in [6.45, 7) is 8.49. The number of carbonyl (C=O) groups is 6. The number of aromatic nitrogens is 4. The molecule has 1 aromatic carbocycles. The number of hydrogen-bond donors (Lipinski definition) is 5. The number of benzene rings is 1. The van der Waals surface area contributed by atoms with Crippen LogP contribution in [0.15, 0.2) is 30.5 Å². The van der Waals surface area contributed by atoms with Gasteiger partial charge in [0.2, 0.25) is 23.7 Å². The topological polar surface area (TPSA) is 294 Å². The molecule has 1 atom stereocenters. The third kappa shape index (κ3) is 20.0. The zero-order chi connectivity index (χ0) is 47.1. The normalized spacial score (nSPS) is 11.8. The summed E-state index contributed by atoms with van der Waals surface area (Å²) in [5.41, 5.74) is 13.2. The zero-order valence-corrected chi connectivity index (χ0v) is 37.6. The van der Waals surface area contributed by atoms with E-state index in [1.807, 2.05) is 11.9 Å². The monoisotopic (exact) mass is 896 g/mol. The predicted octanol–water partition coefficient (Wildman–Crippen LogP) is 2.31. The lowest BCUT2D eigenvalue weighted by molar-refractivity contribution is -0.160. The molecule has 0 spiro atoms. The molecule has 0 aliphatic heterocycles. The average Bonchev–Trinajstić information content (AvgIpc) is 3.24. The molecule has 0 bridgehead atoms. The van der Waals surface area contributed by atoms with Gasteiger partial charge in [0, 0.05) is 77.3 Å². The van der Waals surface area contributed by atoms with Gasteiger partial charge in [-0.05, 0) is 64.3 Å². The number of anilines is 3. The fourth-order valence-corrected chi connectivity index (χ4v) is 6.16. The largest absolute Gasteiger partial charge is 0.481 e. The molecule has 0 aliphatic rings. The number of nitrogens with one attached hydrogen (secondary N) is 2. The van der Waals surface area contributed by atoms with Crippen molar-refractivity contribution in [2.45, 2.75) is 84.3 Å². The summed E-state index contributed by atoms with van der Waals surface area (Å²) in [5.74, 6) is -3.64. The summed E-state index contributed by atoms with van der Waals surface area (Å²) in [5, 5.41) is 14.7. The highest BCUT2D eigenvalue weighted by Crippen LogP contribution is 2.23. The summed E-state index contributed by atoms with van der Waals surface area (Å²) >= 11 is 0. The SMILES string of the molecule is COCCOCCOCCC(=O)NCCCN(CCCNC(=O)CC[C@@H](CC(=O)c1ccc(N(C)Cc2cnc3nc(N)nc(N)c3n2)cc1)C(=O)OC(C)(C)C)C(=O)CCC(=O)O. The molecule has 7 N–H and O–H groups in total. The first-order valence-electron chi connectivity index (χ1n) is 21.2. The van der Waals surface area contributed by atoms with Crippen molar-refractivity contribution in [2.24, 2.45) is 5.92 Å². The highest BCUT2D eigenvalue weighted by molar-refractivity contribution is 5.98. The van der Waals surface area contributed by atoms with Crippen LogP contribution >= 0.6 is 0 Å². The summed E-state index contributed by atoms with van der Waals surface area (Å²) < 4.78 is 21.2. The second-order valence-corrected chi connectivity index (χ2v) is 15.9. The Kier molecular flexibility index (Phi) is 22.2. The third-order valence-electron chi connectivity index (χ3n) is 9.46. The number of nitrogens with zero attached hydrogens (tertiary/aromatic N) is 6. The molecule has 21 heteroatoms. The van der Waals surface area contributed by atoms with Gasteiger partial charge in [0.05, 0.1) is 63.8 Å². The number of esters is 1. The van der Waals surface area contributed by atoms with Crippen molar-refractivity contribution in [3.8, 4) is 0 Å². The van der Waals surface area contributed by atoms with Crippen molar-refractivity contribution in [2.75, 3.05) is 89.7 Å². The highest BCUT2D eigenvalue weighted by atomic mass is 16.6. The first-order chi connectivity index (χ1) is 30.4. The second kappa shape index (κ2) is 27.2. The Morgan fingerprint density at radius 3 is 2.06 bits per heavy atom. The number of carbonyl (C=O) groups excluding carboxylic acids is 5. The molecule has 3 rings (SSSR count). The fraction of sp³-hybridized carbons (Fsp3) is 0.581. The molecule has 3 amide bonds. The maximum absolute atomic E-state index is 13.5. The Labute approximate surface area is 373 Å². The van der Waals surface area contributed by atoms with E-state index in [1.54, 1.807) is 58.3 Å². The van der Waals surface area contributed by atoms with Crippen molar-refractivity contribution in [1.29, 1.82) is 0 Å². The zero-order valence-electron chi connectivity index (χ0n) is 37.6. The smallest absolute Gasteiger partial charge is 0.309 e. The number of rotatable bonds is 30. The Morgan fingerprint density at radius 2 is 1.44 bits per heavy atom. The first kappa shape index (κ1) is 52.3. The molecule has 352 valence electrons. The van der Waals surface area contributed by atoms with Crippen LogP contribution in [0.2, 0.25) is 0 Å². The van der Waals surface area contributed by atoms with E-state index in [-0.39, 0.29) is 106 Å². The maximum atomic E-state index is 13.5. The fourth-order valence-electron chi connectivity index (χ4n) is 6.16. The molecule has 0 unspecified atom stereocenters. The number of fused-ring (bicyclic) bond motifs is 1. The lowest BCUT2D eigenvalue weighted by atomic mass is 9.93. The van der Waals surface area contributed by atoms with Crippen molar-refractivity contribution in [3.63, 3.8) is 0 Å². The predicted molar refractivity (Wildman–Crippen MR) is 237 cm³/mol. The summed E-state index contributed by atoms with van der Waals surface area (Å²) in [6.07, 6.45) is 1.86. The number of nitrogens with two attached hydrogens (primary N) is 2. The van der Waals surface area contributed by atoms with Gasteiger partial charge in [-0.1, -0.05) is 0 Å². The first-order valence-corrected chi connectivity index (χ1v) is 21.2. The molecule has 64 heavy (non-hydrogen) atoms. The Hall–Kier alpha value is -6.06. The number of carboxylic acids is 1. The van der Waals surface area contributed by atoms with Crippen LogP contribution in [0.3, 0.4) is 0 Å². The summed E-state index contributed by atoms with van der Waals surface area (Å²) in [6, 6.07) is 6.89. The summed E-state index contributed by atoms with van der Waals surface area (Å²) in [7, 11) is 3.43. The van der Waals surface area contributed by atoms with Crippen molar-refractivity contribution in [3.05, 3.63) is 41.7 Å².